The van der Waals surface area contributed by atoms with E-state index in [2.05, 4.69) is 26.6 Å². The maximum atomic E-state index is 10.3. The molecule has 0 aliphatic heterocycles. The fourth-order valence-corrected chi connectivity index (χ4v) is 4.59. The van der Waals surface area contributed by atoms with E-state index >= 15 is 0 Å². The van der Waals surface area contributed by atoms with Crippen molar-refractivity contribution in [1.29, 1.82) is 5.26 Å². The third-order valence-corrected chi connectivity index (χ3v) is 6.05. The second-order valence-corrected chi connectivity index (χ2v) is 7.84. The largest absolute Gasteiger partial charge is 0.510 e. The molecular weight excluding hydrogens is 362 g/mol. The Morgan fingerprint density at radius 1 is 1.33 bits per heavy atom. The number of thioether (sulfide) groups is 1. The molecule has 122 valence electrons. The molecule has 0 saturated heterocycles. The molecule has 0 aliphatic rings. The smallest absolute Gasteiger partial charge is 0.206 e. The topological polar surface area (TPSA) is 94.7 Å². The van der Waals surface area contributed by atoms with E-state index in [-0.39, 0.29) is 17.1 Å². The van der Waals surface area contributed by atoms with Crippen molar-refractivity contribution in [3.05, 3.63) is 35.0 Å². The molecule has 3 aromatic rings. The molecule has 0 unspecified atom stereocenters. The van der Waals surface area contributed by atoms with Crippen molar-refractivity contribution in [2.45, 2.75) is 11.3 Å². The van der Waals surface area contributed by atoms with Gasteiger partial charge in [0.15, 0.2) is 4.34 Å². The first-order chi connectivity index (χ1) is 11.7. The molecule has 0 atom stereocenters. The molecule has 1 aromatic carbocycles. The van der Waals surface area contributed by atoms with E-state index in [0.29, 0.717) is 5.01 Å². The highest BCUT2D eigenvalue weighted by Crippen LogP contribution is 2.31. The van der Waals surface area contributed by atoms with Crippen LogP contribution in [-0.4, -0.2) is 32.6 Å². The highest BCUT2D eigenvalue weighted by molar-refractivity contribution is 8.01. The summed E-state index contributed by atoms with van der Waals surface area (Å²) in [6.45, 7) is 2.76. The quantitative estimate of drug-likeness (QED) is 0.379. The molecular formula is C15H13N5OS3. The van der Waals surface area contributed by atoms with Gasteiger partial charge in [0.25, 0.3) is 0 Å². The van der Waals surface area contributed by atoms with Crippen molar-refractivity contribution >= 4 is 55.4 Å². The van der Waals surface area contributed by atoms with E-state index in [9.17, 15) is 10.4 Å². The van der Waals surface area contributed by atoms with Gasteiger partial charge in [-0.3, -0.25) is 0 Å². The predicted molar refractivity (Wildman–Crippen MR) is 99.6 cm³/mol. The van der Waals surface area contributed by atoms with Gasteiger partial charge in [-0.2, -0.15) is 5.26 Å². The minimum Gasteiger partial charge on any atom is -0.510 e. The Balaban J connectivity index is 1.78. The third-order valence-electron chi connectivity index (χ3n) is 2.97. The van der Waals surface area contributed by atoms with Gasteiger partial charge in [-0.25, -0.2) is 4.98 Å². The van der Waals surface area contributed by atoms with Gasteiger partial charge < -0.3 is 10.4 Å². The van der Waals surface area contributed by atoms with E-state index in [0.717, 1.165) is 26.2 Å². The summed E-state index contributed by atoms with van der Waals surface area (Å²) < 4.78 is 1.72. The molecule has 2 heterocycles. The van der Waals surface area contributed by atoms with Crippen molar-refractivity contribution in [1.82, 2.24) is 15.2 Å². The van der Waals surface area contributed by atoms with Crippen molar-refractivity contribution < 1.29 is 5.11 Å². The number of rotatable bonds is 6. The number of nitrogens with zero attached hydrogens (tertiary/aromatic N) is 4. The van der Waals surface area contributed by atoms with E-state index in [1.807, 2.05) is 31.2 Å². The molecule has 9 heteroatoms. The summed E-state index contributed by atoms with van der Waals surface area (Å²) in [5.74, 6) is 0.251. The van der Waals surface area contributed by atoms with Gasteiger partial charge in [-0.15, -0.1) is 21.5 Å². The lowest BCUT2D eigenvalue weighted by atomic mass is 10.2. The summed E-state index contributed by atoms with van der Waals surface area (Å²) in [7, 11) is 0. The summed E-state index contributed by atoms with van der Waals surface area (Å²) >= 11 is 4.16. The Bertz CT molecular complexity index is 891. The summed E-state index contributed by atoms with van der Waals surface area (Å²) in [6, 6.07) is 9.72. The lowest BCUT2D eigenvalue weighted by Gasteiger charge is -2.00. The van der Waals surface area contributed by atoms with Crippen LogP contribution in [-0.2, 0) is 0 Å². The number of hydrogen-bond acceptors (Lipinski definition) is 9. The first kappa shape index (κ1) is 16.7. The Morgan fingerprint density at radius 2 is 2.17 bits per heavy atom. The molecule has 0 saturated carbocycles. The van der Waals surface area contributed by atoms with Crippen LogP contribution in [0.3, 0.4) is 0 Å². The van der Waals surface area contributed by atoms with Crippen molar-refractivity contribution in [3.8, 4) is 6.07 Å². The number of aromatic nitrogens is 3. The molecule has 0 bridgehead atoms. The van der Waals surface area contributed by atoms with Gasteiger partial charge in [0.05, 0.1) is 16.0 Å². The number of fused-ring (bicyclic) bond motifs is 1. The van der Waals surface area contributed by atoms with Crippen LogP contribution < -0.4 is 5.32 Å². The van der Waals surface area contributed by atoms with Gasteiger partial charge in [-0.1, -0.05) is 35.2 Å². The number of nitrogens with one attached hydrogen (secondary N) is 1. The molecule has 3 rings (SSSR count). The minimum absolute atomic E-state index is 0.00163. The summed E-state index contributed by atoms with van der Waals surface area (Å²) in [6.07, 6.45) is 0. The third kappa shape index (κ3) is 3.67. The monoisotopic (exact) mass is 375 g/mol. The Morgan fingerprint density at radius 3 is 2.92 bits per heavy atom. The Hall–Kier alpha value is -2.15. The molecule has 0 fully saturated rings. The van der Waals surface area contributed by atoms with Crippen LogP contribution >= 0.6 is 34.4 Å². The van der Waals surface area contributed by atoms with Crippen molar-refractivity contribution in [3.63, 3.8) is 0 Å². The second kappa shape index (κ2) is 7.61. The second-order valence-electron chi connectivity index (χ2n) is 4.61. The van der Waals surface area contributed by atoms with Crippen LogP contribution in [0.15, 0.2) is 34.4 Å². The number of anilines is 1. The van der Waals surface area contributed by atoms with E-state index in [4.69, 9.17) is 0 Å². The fraction of sp³-hybridized carbons (Fsp3) is 0.200. The van der Waals surface area contributed by atoms with Gasteiger partial charge in [0.2, 0.25) is 5.13 Å². The molecule has 0 spiro atoms. The lowest BCUT2D eigenvalue weighted by Crippen LogP contribution is -1.94. The zero-order valence-corrected chi connectivity index (χ0v) is 15.1. The minimum atomic E-state index is 0.00163. The molecule has 0 aliphatic carbocycles. The molecule has 2 N–H and O–H groups in total. The van der Waals surface area contributed by atoms with Gasteiger partial charge in [0.1, 0.15) is 22.4 Å². The average molecular weight is 376 g/mol. The van der Waals surface area contributed by atoms with E-state index in [1.165, 1.54) is 34.4 Å². The molecule has 24 heavy (non-hydrogen) atoms. The molecule has 0 radical (unpaired) electrons. The standard InChI is InChI=1S/C15H13N5OS3/c1-2-17-14-19-20-15(24-14)22-8-11(21)9(7-16)13-18-10-5-3-4-6-12(10)23-13/h3-6,21H,2,8H2,1H3,(H,17,19)/b11-9-. The zero-order chi connectivity index (χ0) is 16.9. The number of hydrogen-bond donors (Lipinski definition) is 2. The number of nitriles is 1. The van der Waals surface area contributed by atoms with E-state index in [1.54, 1.807) is 0 Å². The number of allylic oxidation sites excluding steroid dienone is 1. The summed E-state index contributed by atoms with van der Waals surface area (Å²) in [4.78, 5) is 4.42. The molecule has 0 amide bonds. The highest BCUT2D eigenvalue weighted by Gasteiger charge is 2.15. The fourth-order valence-electron chi connectivity index (χ4n) is 1.91. The first-order valence-corrected chi connectivity index (χ1v) is 9.71. The van der Waals surface area contributed by atoms with Crippen LogP contribution in [0.25, 0.3) is 15.8 Å². The van der Waals surface area contributed by atoms with Crippen molar-refractivity contribution in [2.24, 2.45) is 0 Å². The van der Waals surface area contributed by atoms with Crippen LogP contribution in [0.2, 0.25) is 0 Å². The number of aliphatic hydroxyl groups excluding tert-OH is 1. The zero-order valence-electron chi connectivity index (χ0n) is 12.7. The lowest BCUT2D eigenvalue weighted by molar-refractivity contribution is 0.421. The first-order valence-electron chi connectivity index (χ1n) is 7.09. The Kier molecular flexibility index (Phi) is 5.30. The van der Waals surface area contributed by atoms with E-state index < -0.39 is 0 Å². The van der Waals surface area contributed by atoms with Crippen LogP contribution in [0.5, 0.6) is 0 Å². The highest BCUT2D eigenvalue weighted by atomic mass is 32.2. The van der Waals surface area contributed by atoms with Crippen LogP contribution in [0, 0.1) is 11.3 Å². The Labute approximate surface area is 150 Å². The number of para-hydroxylation sites is 1. The summed E-state index contributed by atoms with van der Waals surface area (Å²) in [5, 5.41) is 32.1. The number of benzene rings is 1. The maximum Gasteiger partial charge on any atom is 0.206 e. The SMILES string of the molecule is CCNc1nnc(SC/C(O)=C(\C#N)c2nc3ccccc3s2)s1. The summed E-state index contributed by atoms with van der Waals surface area (Å²) in [5.41, 5.74) is 1.03. The number of aliphatic hydroxyl groups is 1. The maximum absolute atomic E-state index is 10.3. The number of thiazole rings is 1. The predicted octanol–water partition coefficient (Wildman–Crippen LogP) is 4.16. The van der Waals surface area contributed by atoms with Crippen molar-refractivity contribution in [2.75, 3.05) is 17.6 Å². The molecule has 6 nitrogen and oxygen atoms in total. The van der Waals surface area contributed by atoms with Gasteiger partial charge in [-0.05, 0) is 19.1 Å². The normalized spacial score (nSPS) is 12.0. The van der Waals surface area contributed by atoms with Gasteiger partial charge >= 0.3 is 0 Å². The van der Waals surface area contributed by atoms with Crippen LogP contribution in [0.1, 0.15) is 11.9 Å². The van der Waals surface area contributed by atoms with Gasteiger partial charge in [0, 0.05) is 6.54 Å². The van der Waals surface area contributed by atoms with Crippen LogP contribution in [0.4, 0.5) is 5.13 Å². The molecule has 2 aromatic heterocycles. The average Bonchev–Trinajstić information content (AvgIpc) is 3.20.